The van der Waals surface area contributed by atoms with E-state index in [-0.39, 0.29) is 24.4 Å². The molecular weight excluding hydrogens is 328 g/mol. The van der Waals surface area contributed by atoms with Gasteiger partial charge in [-0.1, -0.05) is 0 Å². The van der Waals surface area contributed by atoms with Crippen molar-refractivity contribution in [1.29, 1.82) is 0 Å². The first kappa shape index (κ1) is 15.7. The average molecular weight is 350 g/mol. The summed E-state index contributed by atoms with van der Waals surface area (Å²) in [5.41, 5.74) is 0. The summed E-state index contributed by atoms with van der Waals surface area (Å²) in [7, 11) is 0. The maximum absolute atomic E-state index is 6.30. The maximum atomic E-state index is 6.30. The molecule has 5 atom stereocenters. The van der Waals surface area contributed by atoms with E-state index in [0.717, 1.165) is 17.4 Å². The third kappa shape index (κ3) is 2.43. The molecular formula is C15H22CrO6. The molecule has 0 unspecified atom stereocenters. The molecule has 1 spiro atoms. The molecule has 4 rings (SSSR count). The summed E-state index contributed by atoms with van der Waals surface area (Å²) in [4.78, 5) is 0. The first-order valence-electron chi connectivity index (χ1n) is 7.77. The summed E-state index contributed by atoms with van der Waals surface area (Å²) >= 11 is 2.95. The van der Waals surface area contributed by atoms with E-state index in [4.69, 9.17) is 28.4 Å². The van der Waals surface area contributed by atoms with Crippen molar-refractivity contribution in [2.45, 2.75) is 82.3 Å². The second kappa shape index (κ2) is 4.84. The minimum absolute atomic E-state index is 0.187. The molecule has 7 heteroatoms. The van der Waals surface area contributed by atoms with Gasteiger partial charge in [0.2, 0.25) is 0 Å². The van der Waals surface area contributed by atoms with Crippen molar-refractivity contribution in [3.63, 3.8) is 0 Å². The molecule has 0 radical (unpaired) electrons. The van der Waals surface area contributed by atoms with Gasteiger partial charge in [0.1, 0.15) is 0 Å². The van der Waals surface area contributed by atoms with Crippen LogP contribution >= 0.6 is 0 Å². The van der Waals surface area contributed by atoms with Crippen LogP contribution in [0.1, 0.15) is 40.5 Å². The topological polar surface area (TPSA) is 55.4 Å². The van der Waals surface area contributed by atoms with Crippen molar-refractivity contribution in [2.75, 3.05) is 6.61 Å². The molecule has 0 amide bonds. The van der Waals surface area contributed by atoms with Crippen molar-refractivity contribution in [2.24, 2.45) is 0 Å². The van der Waals surface area contributed by atoms with Crippen LogP contribution in [-0.2, 0) is 44.3 Å². The van der Waals surface area contributed by atoms with Crippen molar-refractivity contribution < 1.29 is 44.3 Å². The first-order chi connectivity index (χ1) is 10.2. The van der Waals surface area contributed by atoms with Gasteiger partial charge in [-0.15, -0.1) is 0 Å². The second-order valence-electron chi connectivity index (χ2n) is 7.26. The molecule has 0 aromatic rings. The fraction of sp³-hybridized carbons (Fsp3) is 0.933. The Labute approximate surface area is 138 Å². The summed E-state index contributed by atoms with van der Waals surface area (Å²) in [5.74, 6) is -2.02. The van der Waals surface area contributed by atoms with E-state index in [1.165, 1.54) is 0 Å². The van der Waals surface area contributed by atoms with Crippen LogP contribution in [0.25, 0.3) is 0 Å². The molecule has 4 aliphatic heterocycles. The van der Waals surface area contributed by atoms with Gasteiger partial charge < -0.3 is 0 Å². The van der Waals surface area contributed by atoms with Crippen molar-refractivity contribution in [3.05, 3.63) is 0 Å². The molecule has 22 heavy (non-hydrogen) atoms. The van der Waals surface area contributed by atoms with E-state index in [9.17, 15) is 0 Å². The van der Waals surface area contributed by atoms with Crippen LogP contribution < -0.4 is 0 Å². The fourth-order valence-corrected chi connectivity index (χ4v) is 4.13. The Morgan fingerprint density at radius 3 is 2.32 bits per heavy atom. The average Bonchev–Trinajstić information content (AvgIpc) is 3.08. The number of ether oxygens (including phenoxy) is 6. The number of hydrogen-bond acceptors (Lipinski definition) is 6. The molecule has 0 aliphatic carbocycles. The van der Waals surface area contributed by atoms with Crippen molar-refractivity contribution in [1.82, 2.24) is 0 Å². The van der Waals surface area contributed by atoms with E-state index >= 15 is 0 Å². The van der Waals surface area contributed by atoms with E-state index in [2.05, 4.69) is 15.9 Å². The van der Waals surface area contributed by atoms with Gasteiger partial charge in [-0.3, -0.25) is 0 Å². The van der Waals surface area contributed by atoms with Crippen LogP contribution in [0.2, 0.25) is 0 Å². The molecule has 0 N–H and O–H groups in total. The molecule has 4 aliphatic rings. The predicted octanol–water partition coefficient (Wildman–Crippen LogP) is 1.24. The molecule has 124 valence electrons. The SMILES string of the molecule is CC1(C)OC[C@H]([C@H]2O[C@]3(CC[C](=[Cr])O3)[C@H]3OC(C)(C)O[C@@H]23)O1. The zero-order valence-corrected chi connectivity index (χ0v) is 14.6. The number of fused-ring (bicyclic) bond motifs is 2. The third-order valence-electron chi connectivity index (χ3n) is 4.58. The molecule has 0 saturated carbocycles. The Balaban J connectivity index is 1.62. The zero-order chi connectivity index (χ0) is 15.8. The molecule has 0 aromatic heterocycles. The normalized spacial score (nSPS) is 49.2. The second-order valence-corrected chi connectivity index (χ2v) is 7.97. The predicted molar refractivity (Wildman–Crippen MR) is 71.7 cm³/mol. The van der Waals surface area contributed by atoms with Crippen molar-refractivity contribution >= 4 is 4.57 Å². The summed E-state index contributed by atoms with van der Waals surface area (Å²) < 4.78 is 37.0. The van der Waals surface area contributed by atoms with E-state index in [1.807, 2.05) is 27.7 Å². The van der Waals surface area contributed by atoms with Crippen LogP contribution in [-0.4, -0.2) is 53.0 Å². The van der Waals surface area contributed by atoms with Crippen LogP contribution in [0, 0.1) is 0 Å². The quantitative estimate of drug-likeness (QED) is 0.709. The Bertz CT molecular complexity index is 506. The molecule has 4 saturated heterocycles. The Morgan fingerprint density at radius 1 is 0.955 bits per heavy atom. The molecule has 0 bridgehead atoms. The number of rotatable bonds is 1. The molecule has 0 aromatic carbocycles. The van der Waals surface area contributed by atoms with Gasteiger partial charge in [0.15, 0.2) is 0 Å². The monoisotopic (exact) mass is 350 g/mol. The Hall–Kier alpha value is 0.162. The van der Waals surface area contributed by atoms with Crippen LogP contribution in [0.4, 0.5) is 0 Å². The van der Waals surface area contributed by atoms with Gasteiger partial charge >= 0.3 is 138 Å². The van der Waals surface area contributed by atoms with Gasteiger partial charge in [0.25, 0.3) is 0 Å². The summed E-state index contributed by atoms with van der Waals surface area (Å²) in [6.45, 7) is 8.14. The molecule has 4 heterocycles. The van der Waals surface area contributed by atoms with E-state index < -0.39 is 17.4 Å². The van der Waals surface area contributed by atoms with Crippen LogP contribution in [0.5, 0.6) is 0 Å². The summed E-state index contributed by atoms with van der Waals surface area (Å²) in [5, 5.41) is 0. The minimum atomic E-state index is -0.778. The summed E-state index contributed by atoms with van der Waals surface area (Å²) in [6, 6.07) is 0. The van der Waals surface area contributed by atoms with Gasteiger partial charge in [0, 0.05) is 0 Å². The van der Waals surface area contributed by atoms with Gasteiger partial charge in [-0.25, -0.2) is 0 Å². The fourth-order valence-electron chi connectivity index (χ4n) is 3.75. The zero-order valence-electron chi connectivity index (χ0n) is 13.3. The van der Waals surface area contributed by atoms with Gasteiger partial charge in [-0.05, 0) is 0 Å². The first-order valence-corrected chi connectivity index (χ1v) is 8.41. The van der Waals surface area contributed by atoms with Crippen molar-refractivity contribution in [3.8, 4) is 0 Å². The Kier molecular flexibility index (Phi) is 3.45. The van der Waals surface area contributed by atoms with Crippen LogP contribution in [0.15, 0.2) is 0 Å². The van der Waals surface area contributed by atoms with E-state index in [1.54, 1.807) is 0 Å². The van der Waals surface area contributed by atoms with Crippen LogP contribution in [0.3, 0.4) is 0 Å². The summed E-state index contributed by atoms with van der Waals surface area (Å²) in [6.07, 6.45) is 0.651. The Morgan fingerprint density at radius 2 is 1.73 bits per heavy atom. The third-order valence-corrected chi connectivity index (χ3v) is 5.03. The number of hydrogen-bond donors (Lipinski definition) is 0. The standard InChI is InChI=1S/C15H22O6.Cr/c1-13(2)17-8-9(18-13)10-11-12(21-14(3,4)19-11)15(20-10)6-5-7-16-15;/h9-12H,5-6,8H2,1-4H3;/t9-,10-,11+,12+,15-;/m1./s1. The van der Waals surface area contributed by atoms with E-state index in [0.29, 0.717) is 6.61 Å². The molecule has 6 nitrogen and oxygen atoms in total. The molecule has 4 fully saturated rings. The van der Waals surface area contributed by atoms with Gasteiger partial charge in [0.05, 0.1) is 0 Å². The van der Waals surface area contributed by atoms with Gasteiger partial charge in [-0.2, -0.15) is 0 Å².